The average molecular weight is 462 g/mol. The van der Waals surface area contributed by atoms with Gasteiger partial charge in [-0.1, -0.05) is 12.1 Å². The van der Waals surface area contributed by atoms with Crippen LogP contribution in [0.25, 0.3) is 6.08 Å². The van der Waals surface area contributed by atoms with Gasteiger partial charge in [0.25, 0.3) is 5.91 Å². The van der Waals surface area contributed by atoms with Gasteiger partial charge < -0.3 is 29.1 Å². The quantitative estimate of drug-likeness (QED) is 0.332. The van der Waals surface area contributed by atoms with Crippen molar-refractivity contribution in [3.8, 4) is 23.3 Å². The number of carboxylic acid groups (broad SMARTS) is 1. The van der Waals surface area contributed by atoms with Gasteiger partial charge in [-0.05, 0) is 55.0 Å². The molecule has 2 aromatic carbocycles. The maximum absolute atomic E-state index is 12.6. The summed E-state index contributed by atoms with van der Waals surface area (Å²) in [5.41, 5.74) is 0.946. The summed E-state index contributed by atoms with van der Waals surface area (Å²) in [6.45, 7) is 2.34. The lowest BCUT2D eigenvalue weighted by atomic mass is 10.1. The fourth-order valence-corrected chi connectivity index (χ4v) is 2.96. The van der Waals surface area contributed by atoms with E-state index in [1.54, 1.807) is 42.5 Å². The van der Waals surface area contributed by atoms with E-state index in [1.807, 2.05) is 13.0 Å². The topological polar surface area (TPSA) is 131 Å². The van der Waals surface area contributed by atoms with E-state index < -0.39 is 11.9 Å². The summed E-state index contributed by atoms with van der Waals surface area (Å²) in [4.78, 5) is 23.5. The van der Waals surface area contributed by atoms with Crippen molar-refractivity contribution in [3.05, 3.63) is 77.3 Å². The highest BCUT2D eigenvalue weighted by Gasteiger charge is 2.13. The number of carbonyl (C=O) groups excluding carboxylic acids is 1. The predicted molar refractivity (Wildman–Crippen MR) is 123 cm³/mol. The van der Waals surface area contributed by atoms with Crippen molar-refractivity contribution in [2.24, 2.45) is 0 Å². The Hall–Kier alpha value is -4.71. The molecule has 34 heavy (non-hydrogen) atoms. The number of rotatable bonds is 10. The molecule has 0 spiro atoms. The number of aromatic carboxylic acids is 1. The highest BCUT2D eigenvalue weighted by Crippen LogP contribution is 2.30. The molecule has 0 bridgehead atoms. The molecule has 0 saturated heterocycles. The van der Waals surface area contributed by atoms with Gasteiger partial charge in [-0.25, -0.2) is 4.79 Å². The number of ether oxygens (including phenoxy) is 3. The normalized spacial score (nSPS) is 10.8. The number of anilines is 1. The number of furan rings is 1. The Kier molecular flexibility index (Phi) is 7.92. The zero-order chi connectivity index (χ0) is 24.5. The second-order valence-electron chi connectivity index (χ2n) is 6.85. The van der Waals surface area contributed by atoms with E-state index in [-0.39, 0.29) is 17.9 Å². The number of benzene rings is 2. The maximum atomic E-state index is 12.6. The molecular weight excluding hydrogens is 440 g/mol. The molecule has 0 saturated carbocycles. The Morgan fingerprint density at radius 2 is 1.94 bits per heavy atom. The van der Waals surface area contributed by atoms with Crippen LogP contribution in [-0.4, -0.2) is 30.7 Å². The molecule has 0 atom stereocenters. The number of carbonyl (C=O) groups is 2. The smallest absolute Gasteiger partial charge is 0.371 e. The summed E-state index contributed by atoms with van der Waals surface area (Å²) in [7, 11) is 1.45. The Balaban J connectivity index is 1.72. The number of hydrogen-bond donors (Lipinski definition) is 2. The Morgan fingerprint density at radius 1 is 1.12 bits per heavy atom. The minimum atomic E-state index is -1.17. The molecule has 0 aliphatic carbocycles. The number of methoxy groups -OCH3 is 1. The fraction of sp³-hybridized carbons (Fsp3) is 0.160. The molecule has 1 aromatic heterocycles. The molecule has 0 unspecified atom stereocenters. The van der Waals surface area contributed by atoms with Gasteiger partial charge in [0.2, 0.25) is 5.76 Å². The second kappa shape index (κ2) is 11.2. The number of nitriles is 1. The van der Waals surface area contributed by atoms with Crippen LogP contribution < -0.4 is 19.5 Å². The summed E-state index contributed by atoms with van der Waals surface area (Å²) in [6, 6.07) is 16.5. The molecule has 9 nitrogen and oxygen atoms in total. The summed E-state index contributed by atoms with van der Waals surface area (Å²) in [6.07, 6.45) is 1.43. The largest absolute Gasteiger partial charge is 0.494 e. The molecule has 0 fully saturated rings. The van der Waals surface area contributed by atoms with Crippen LogP contribution in [0.2, 0.25) is 0 Å². The van der Waals surface area contributed by atoms with Gasteiger partial charge in [-0.2, -0.15) is 5.26 Å². The van der Waals surface area contributed by atoms with Crippen molar-refractivity contribution in [3.63, 3.8) is 0 Å². The minimum Gasteiger partial charge on any atom is -0.494 e. The lowest BCUT2D eigenvalue weighted by molar-refractivity contribution is -0.112. The van der Waals surface area contributed by atoms with E-state index in [1.165, 1.54) is 25.3 Å². The molecule has 0 aliphatic heterocycles. The third-order valence-electron chi connectivity index (χ3n) is 4.51. The van der Waals surface area contributed by atoms with E-state index in [0.29, 0.717) is 40.9 Å². The monoisotopic (exact) mass is 462 g/mol. The first-order valence-corrected chi connectivity index (χ1v) is 10.2. The van der Waals surface area contributed by atoms with Gasteiger partial charge in [0, 0.05) is 11.8 Å². The van der Waals surface area contributed by atoms with E-state index in [4.69, 9.17) is 23.7 Å². The first kappa shape index (κ1) is 23.9. The molecule has 174 valence electrons. The van der Waals surface area contributed by atoms with Crippen LogP contribution in [0.4, 0.5) is 5.69 Å². The summed E-state index contributed by atoms with van der Waals surface area (Å²) < 4.78 is 21.6. The predicted octanol–water partition coefficient (Wildman–Crippen LogP) is 4.51. The van der Waals surface area contributed by atoms with Crippen molar-refractivity contribution >= 4 is 23.6 Å². The van der Waals surface area contributed by atoms with E-state index in [0.717, 1.165) is 0 Å². The number of amides is 1. The molecule has 1 amide bonds. The number of nitrogens with one attached hydrogen (secondary N) is 1. The molecule has 2 N–H and O–H groups in total. The molecule has 0 aliphatic rings. The van der Waals surface area contributed by atoms with Crippen LogP contribution in [0.3, 0.4) is 0 Å². The van der Waals surface area contributed by atoms with E-state index in [9.17, 15) is 14.9 Å². The third-order valence-corrected chi connectivity index (χ3v) is 4.51. The third kappa shape index (κ3) is 6.17. The molecule has 1 heterocycles. The van der Waals surface area contributed by atoms with Crippen LogP contribution in [0.1, 0.15) is 28.8 Å². The van der Waals surface area contributed by atoms with Crippen LogP contribution in [0, 0.1) is 11.3 Å². The average Bonchev–Trinajstić information content (AvgIpc) is 3.31. The molecule has 9 heteroatoms. The first-order chi connectivity index (χ1) is 16.4. The van der Waals surface area contributed by atoms with Gasteiger partial charge in [0.05, 0.1) is 13.7 Å². The van der Waals surface area contributed by atoms with Crippen LogP contribution in [-0.2, 0) is 11.4 Å². The van der Waals surface area contributed by atoms with E-state index in [2.05, 4.69) is 5.32 Å². The highest BCUT2D eigenvalue weighted by molar-refractivity contribution is 6.09. The molecule has 0 radical (unpaired) electrons. The number of nitrogens with zero attached hydrogens (tertiary/aromatic N) is 1. The maximum Gasteiger partial charge on any atom is 0.371 e. The standard InChI is InChI=1S/C25H22N2O7/c1-3-32-19-6-4-5-18(13-19)27-24(28)17(14-26)11-16-7-9-21(23(12-16)31-2)33-15-20-8-10-22(34-20)25(29)30/h4-13H,3,15H2,1-2H3,(H,27,28)(H,29,30). The fourth-order valence-electron chi connectivity index (χ4n) is 2.96. The lowest BCUT2D eigenvalue weighted by Crippen LogP contribution is -2.13. The van der Waals surface area contributed by atoms with Gasteiger partial charge in [0.1, 0.15) is 29.8 Å². The summed E-state index contributed by atoms with van der Waals surface area (Å²) >= 11 is 0. The van der Waals surface area contributed by atoms with Gasteiger partial charge in [-0.3, -0.25) is 4.79 Å². The Labute approximate surface area is 195 Å². The van der Waals surface area contributed by atoms with Crippen LogP contribution in [0.15, 0.2) is 64.6 Å². The highest BCUT2D eigenvalue weighted by atomic mass is 16.5. The zero-order valence-corrected chi connectivity index (χ0v) is 18.5. The number of hydrogen-bond acceptors (Lipinski definition) is 7. The van der Waals surface area contributed by atoms with Crippen molar-refractivity contribution in [2.45, 2.75) is 13.5 Å². The van der Waals surface area contributed by atoms with E-state index >= 15 is 0 Å². The van der Waals surface area contributed by atoms with Crippen molar-refractivity contribution in [1.82, 2.24) is 0 Å². The summed E-state index contributed by atoms with van der Waals surface area (Å²) in [5.74, 6) is -0.235. The molecule has 3 rings (SSSR count). The van der Waals surface area contributed by atoms with Crippen LogP contribution in [0.5, 0.6) is 17.2 Å². The Bertz CT molecular complexity index is 1250. The van der Waals surface area contributed by atoms with Crippen molar-refractivity contribution in [2.75, 3.05) is 19.0 Å². The Morgan fingerprint density at radius 3 is 2.62 bits per heavy atom. The second-order valence-corrected chi connectivity index (χ2v) is 6.85. The molecule has 3 aromatic rings. The van der Waals surface area contributed by atoms with Crippen molar-refractivity contribution in [1.29, 1.82) is 5.26 Å². The first-order valence-electron chi connectivity index (χ1n) is 10.2. The van der Waals surface area contributed by atoms with Gasteiger partial charge >= 0.3 is 5.97 Å². The summed E-state index contributed by atoms with van der Waals surface area (Å²) in [5, 5.41) is 21.1. The van der Waals surface area contributed by atoms with Crippen molar-refractivity contribution < 1.29 is 33.3 Å². The van der Waals surface area contributed by atoms with Crippen LogP contribution >= 0.6 is 0 Å². The lowest BCUT2D eigenvalue weighted by Gasteiger charge is -2.11. The van der Waals surface area contributed by atoms with Gasteiger partial charge in [0.15, 0.2) is 11.5 Å². The number of carboxylic acids is 1. The molecular formula is C25H22N2O7. The van der Waals surface area contributed by atoms with Gasteiger partial charge in [-0.15, -0.1) is 0 Å². The SMILES string of the molecule is CCOc1cccc(NC(=O)C(C#N)=Cc2ccc(OCc3ccc(C(=O)O)o3)c(OC)c2)c1. The minimum absolute atomic E-state index is 0.00845. The zero-order valence-electron chi connectivity index (χ0n) is 18.5.